The molecule has 2 fully saturated rings. The van der Waals surface area contributed by atoms with Crippen LogP contribution in [0.3, 0.4) is 0 Å². The SMILES string of the molecule is CCC1CC1Nc1sc(C(=O)N(C)C)c(N)c1C1CC1. The average Bonchev–Trinajstić information content (AvgIpc) is 3.30. The molecule has 0 aliphatic heterocycles. The maximum atomic E-state index is 12.2. The third kappa shape index (κ3) is 2.39. The molecule has 2 saturated carbocycles. The molecule has 0 saturated heterocycles. The smallest absolute Gasteiger partial charge is 0.265 e. The Bertz CT molecular complexity index is 533. The molecule has 0 spiro atoms. The Morgan fingerprint density at radius 2 is 2.15 bits per heavy atom. The zero-order chi connectivity index (χ0) is 14.4. The molecule has 110 valence electrons. The number of hydrogen-bond acceptors (Lipinski definition) is 4. The lowest BCUT2D eigenvalue weighted by Gasteiger charge is -2.08. The maximum absolute atomic E-state index is 12.2. The first-order chi connectivity index (χ1) is 9.52. The molecule has 2 unspecified atom stereocenters. The fraction of sp³-hybridized carbons (Fsp3) is 0.667. The van der Waals surface area contributed by atoms with Crippen molar-refractivity contribution in [1.29, 1.82) is 0 Å². The molecule has 0 radical (unpaired) electrons. The number of hydrogen-bond donors (Lipinski definition) is 2. The lowest BCUT2D eigenvalue weighted by molar-refractivity contribution is 0.0833. The summed E-state index contributed by atoms with van der Waals surface area (Å²) in [4.78, 5) is 14.5. The molecule has 2 atom stereocenters. The number of nitrogen functional groups attached to an aromatic ring is 1. The Labute approximate surface area is 124 Å². The van der Waals surface area contributed by atoms with E-state index in [-0.39, 0.29) is 5.91 Å². The van der Waals surface area contributed by atoms with E-state index in [1.54, 1.807) is 30.3 Å². The summed E-state index contributed by atoms with van der Waals surface area (Å²) in [7, 11) is 3.55. The highest BCUT2D eigenvalue weighted by Crippen LogP contribution is 2.52. The molecule has 0 bridgehead atoms. The summed E-state index contributed by atoms with van der Waals surface area (Å²) in [5.74, 6) is 1.37. The molecular formula is C15H23N3OS. The molecule has 3 rings (SSSR count). The average molecular weight is 293 g/mol. The van der Waals surface area contributed by atoms with Gasteiger partial charge in [-0.3, -0.25) is 4.79 Å². The number of rotatable bonds is 5. The molecule has 20 heavy (non-hydrogen) atoms. The van der Waals surface area contributed by atoms with Crippen LogP contribution in [0.5, 0.6) is 0 Å². The number of carbonyl (C=O) groups excluding carboxylic acids is 1. The second-order valence-corrected chi connectivity index (χ2v) is 7.24. The largest absolute Gasteiger partial charge is 0.397 e. The van der Waals surface area contributed by atoms with E-state index in [9.17, 15) is 4.79 Å². The molecular weight excluding hydrogens is 270 g/mol. The second-order valence-electron chi connectivity index (χ2n) is 6.22. The van der Waals surface area contributed by atoms with Gasteiger partial charge in [-0.1, -0.05) is 13.3 Å². The van der Waals surface area contributed by atoms with Crippen molar-refractivity contribution in [3.8, 4) is 0 Å². The lowest BCUT2D eigenvalue weighted by atomic mass is 10.1. The minimum atomic E-state index is 0.0188. The number of amides is 1. The molecule has 2 aliphatic rings. The monoisotopic (exact) mass is 293 g/mol. The first-order valence-electron chi connectivity index (χ1n) is 7.43. The topological polar surface area (TPSA) is 58.4 Å². The number of nitrogens with zero attached hydrogens (tertiary/aromatic N) is 1. The van der Waals surface area contributed by atoms with Crippen molar-refractivity contribution in [2.24, 2.45) is 5.92 Å². The van der Waals surface area contributed by atoms with Crippen molar-refractivity contribution in [3.63, 3.8) is 0 Å². The molecule has 4 nitrogen and oxygen atoms in total. The van der Waals surface area contributed by atoms with Crippen LogP contribution in [0.25, 0.3) is 0 Å². The second kappa shape index (κ2) is 4.95. The van der Waals surface area contributed by atoms with Crippen LogP contribution < -0.4 is 11.1 Å². The zero-order valence-electron chi connectivity index (χ0n) is 12.4. The summed E-state index contributed by atoms with van der Waals surface area (Å²) in [5.41, 5.74) is 8.20. The Balaban J connectivity index is 1.88. The highest BCUT2D eigenvalue weighted by molar-refractivity contribution is 7.18. The minimum absolute atomic E-state index is 0.0188. The predicted molar refractivity (Wildman–Crippen MR) is 84.5 cm³/mol. The lowest BCUT2D eigenvalue weighted by Crippen LogP contribution is -2.21. The molecule has 3 N–H and O–H groups in total. The zero-order valence-corrected chi connectivity index (χ0v) is 13.2. The van der Waals surface area contributed by atoms with Gasteiger partial charge in [0.1, 0.15) is 4.88 Å². The first-order valence-corrected chi connectivity index (χ1v) is 8.24. The number of nitrogens with two attached hydrogens (primary N) is 1. The van der Waals surface area contributed by atoms with E-state index >= 15 is 0 Å². The van der Waals surface area contributed by atoms with Gasteiger partial charge >= 0.3 is 0 Å². The van der Waals surface area contributed by atoms with Crippen LogP contribution in [0.4, 0.5) is 10.7 Å². The molecule has 1 heterocycles. The quantitative estimate of drug-likeness (QED) is 0.877. The molecule has 1 aromatic heterocycles. The summed E-state index contributed by atoms with van der Waals surface area (Å²) in [6.07, 6.45) is 4.87. The Morgan fingerprint density at radius 1 is 1.45 bits per heavy atom. The van der Waals surface area contributed by atoms with E-state index in [0.717, 1.165) is 10.9 Å². The van der Waals surface area contributed by atoms with Crippen LogP contribution in [-0.2, 0) is 0 Å². The Morgan fingerprint density at radius 3 is 2.65 bits per heavy atom. The fourth-order valence-corrected chi connectivity index (χ4v) is 4.04. The van der Waals surface area contributed by atoms with Crippen LogP contribution in [-0.4, -0.2) is 30.9 Å². The number of nitrogens with one attached hydrogen (secondary N) is 1. The van der Waals surface area contributed by atoms with E-state index in [2.05, 4.69) is 12.2 Å². The van der Waals surface area contributed by atoms with Crippen molar-refractivity contribution in [2.45, 2.75) is 44.6 Å². The summed E-state index contributed by atoms with van der Waals surface area (Å²) in [5, 5.41) is 4.78. The summed E-state index contributed by atoms with van der Waals surface area (Å²) in [6, 6.07) is 0.581. The first kappa shape index (κ1) is 13.7. The van der Waals surface area contributed by atoms with Gasteiger partial charge in [0.05, 0.1) is 10.7 Å². The van der Waals surface area contributed by atoms with Crippen molar-refractivity contribution < 1.29 is 4.79 Å². The molecule has 1 amide bonds. The van der Waals surface area contributed by atoms with Crippen LogP contribution in [0.2, 0.25) is 0 Å². The van der Waals surface area contributed by atoms with Crippen molar-refractivity contribution in [3.05, 3.63) is 10.4 Å². The molecule has 2 aliphatic carbocycles. The van der Waals surface area contributed by atoms with Gasteiger partial charge in [-0.05, 0) is 31.1 Å². The standard InChI is InChI=1S/C15H23N3OS/c1-4-8-7-10(8)17-14-11(9-5-6-9)12(16)13(20-14)15(19)18(2)3/h8-10,17H,4-7,16H2,1-3H3. The van der Waals surface area contributed by atoms with Crippen LogP contribution in [0.15, 0.2) is 0 Å². The number of carbonyl (C=O) groups is 1. The van der Waals surface area contributed by atoms with Gasteiger partial charge in [0.25, 0.3) is 5.91 Å². The fourth-order valence-electron chi connectivity index (χ4n) is 2.75. The van der Waals surface area contributed by atoms with Gasteiger partial charge in [-0.2, -0.15) is 0 Å². The van der Waals surface area contributed by atoms with Gasteiger partial charge in [0.2, 0.25) is 0 Å². The van der Waals surface area contributed by atoms with E-state index in [0.29, 0.717) is 22.5 Å². The van der Waals surface area contributed by atoms with Crippen LogP contribution in [0, 0.1) is 5.92 Å². The Kier molecular flexibility index (Phi) is 3.40. The highest BCUT2D eigenvalue weighted by atomic mass is 32.1. The third-order valence-electron chi connectivity index (χ3n) is 4.33. The van der Waals surface area contributed by atoms with E-state index in [4.69, 9.17) is 5.73 Å². The summed E-state index contributed by atoms with van der Waals surface area (Å²) >= 11 is 1.54. The Hall–Kier alpha value is -1.23. The molecule has 1 aromatic rings. The van der Waals surface area contributed by atoms with Gasteiger partial charge in [0.15, 0.2) is 0 Å². The van der Waals surface area contributed by atoms with Gasteiger partial charge in [-0.25, -0.2) is 0 Å². The molecule has 0 aromatic carbocycles. The van der Waals surface area contributed by atoms with Crippen LogP contribution >= 0.6 is 11.3 Å². The summed E-state index contributed by atoms with van der Waals surface area (Å²) < 4.78 is 0. The van der Waals surface area contributed by atoms with Crippen molar-refractivity contribution in [1.82, 2.24) is 4.90 Å². The number of anilines is 2. The van der Waals surface area contributed by atoms with Crippen molar-refractivity contribution >= 4 is 27.9 Å². The van der Waals surface area contributed by atoms with Crippen molar-refractivity contribution in [2.75, 3.05) is 25.1 Å². The number of thiophene rings is 1. The van der Waals surface area contributed by atoms with E-state index in [1.807, 2.05) is 0 Å². The van der Waals surface area contributed by atoms with Gasteiger partial charge in [-0.15, -0.1) is 11.3 Å². The van der Waals surface area contributed by atoms with E-state index in [1.165, 1.54) is 31.2 Å². The normalized spacial score (nSPS) is 24.6. The maximum Gasteiger partial charge on any atom is 0.265 e. The third-order valence-corrected chi connectivity index (χ3v) is 5.47. The van der Waals surface area contributed by atoms with Gasteiger partial charge in [0, 0.05) is 25.7 Å². The van der Waals surface area contributed by atoms with E-state index < -0.39 is 0 Å². The minimum Gasteiger partial charge on any atom is -0.397 e. The van der Waals surface area contributed by atoms with Crippen LogP contribution in [0.1, 0.15) is 53.8 Å². The molecule has 5 heteroatoms. The summed E-state index contributed by atoms with van der Waals surface area (Å²) in [6.45, 7) is 2.23. The van der Waals surface area contributed by atoms with Gasteiger partial charge < -0.3 is 16.0 Å². The predicted octanol–water partition coefficient (Wildman–Crippen LogP) is 3.12. The highest BCUT2D eigenvalue weighted by Gasteiger charge is 2.39.